The Morgan fingerprint density at radius 3 is 2.56 bits per heavy atom. The number of benzene rings is 1. The monoisotopic (exact) mass is 362 g/mol. The highest BCUT2D eigenvalue weighted by atomic mass is 32.2. The second-order valence-corrected chi connectivity index (χ2v) is 7.12. The molecule has 7 heteroatoms. The van der Waals surface area contributed by atoms with Crippen LogP contribution in [-0.2, 0) is 6.61 Å². The van der Waals surface area contributed by atoms with Crippen molar-refractivity contribution in [1.82, 2.24) is 10.1 Å². The van der Waals surface area contributed by atoms with Crippen molar-refractivity contribution in [1.29, 1.82) is 0 Å². The highest BCUT2D eigenvalue weighted by Gasteiger charge is 2.17. The zero-order chi connectivity index (χ0) is 17.8. The Hall–Kier alpha value is -2.41. The zero-order valence-corrected chi connectivity index (χ0v) is 14.5. The van der Waals surface area contributed by atoms with Gasteiger partial charge in [-0.25, -0.2) is 13.8 Å². The van der Waals surface area contributed by atoms with E-state index < -0.39 is 17.4 Å². The number of aromatic nitrogens is 2. The molecule has 0 aliphatic heterocycles. The molecule has 4 nitrogen and oxygen atoms in total. The summed E-state index contributed by atoms with van der Waals surface area (Å²) >= 11 is 1.54. The summed E-state index contributed by atoms with van der Waals surface area (Å²) in [5, 5.41) is 4.54. The van der Waals surface area contributed by atoms with E-state index in [1.54, 1.807) is 24.4 Å². The number of rotatable bonds is 6. The van der Waals surface area contributed by atoms with Crippen LogP contribution in [0.25, 0.3) is 11.1 Å². The van der Waals surface area contributed by atoms with E-state index in [1.807, 2.05) is 13.8 Å². The average Bonchev–Trinajstić information content (AvgIpc) is 3.07. The maximum atomic E-state index is 14.4. The molecular weight excluding hydrogens is 346 g/mol. The molecule has 0 unspecified atom stereocenters. The molecule has 0 fully saturated rings. The van der Waals surface area contributed by atoms with Crippen LogP contribution in [0.3, 0.4) is 0 Å². The van der Waals surface area contributed by atoms with Crippen molar-refractivity contribution < 1.29 is 18.0 Å². The van der Waals surface area contributed by atoms with Crippen LogP contribution in [0.5, 0.6) is 5.75 Å². The SMILES string of the molecule is CC(C)Sc1ncccc1-c1cc(F)c(OCc2ccno2)c(F)c1. The van der Waals surface area contributed by atoms with E-state index in [0.29, 0.717) is 22.1 Å². The molecule has 3 aromatic rings. The molecule has 0 amide bonds. The van der Waals surface area contributed by atoms with Crippen LogP contribution in [0.4, 0.5) is 8.78 Å². The largest absolute Gasteiger partial charge is 0.479 e. The highest BCUT2D eigenvalue weighted by Crippen LogP contribution is 2.35. The molecule has 0 atom stereocenters. The summed E-state index contributed by atoms with van der Waals surface area (Å²) in [6, 6.07) is 7.60. The molecule has 0 aliphatic carbocycles. The number of hydrogen-bond donors (Lipinski definition) is 0. The molecule has 0 spiro atoms. The van der Waals surface area contributed by atoms with Crippen molar-refractivity contribution in [3.05, 3.63) is 60.1 Å². The van der Waals surface area contributed by atoms with Gasteiger partial charge in [0.05, 0.1) is 6.20 Å². The molecule has 0 bridgehead atoms. The Morgan fingerprint density at radius 2 is 1.92 bits per heavy atom. The Morgan fingerprint density at radius 1 is 1.16 bits per heavy atom. The third kappa shape index (κ3) is 4.17. The minimum absolute atomic E-state index is 0.103. The van der Waals surface area contributed by atoms with Gasteiger partial charge in [-0.3, -0.25) is 0 Å². The van der Waals surface area contributed by atoms with Crippen LogP contribution in [0.1, 0.15) is 19.6 Å². The number of hydrogen-bond acceptors (Lipinski definition) is 5. The summed E-state index contributed by atoms with van der Waals surface area (Å²) in [5.41, 5.74) is 1.10. The third-order valence-electron chi connectivity index (χ3n) is 3.28. The minimum Gasteiger partial charge on any atom is -0.479 e. The van der Waals surface area contributed by atoms with Crippen molar-refractivity contribution in [2.45, 2.75) is 30.7 Å². The van der Waals surface area contributed by atoms with Crippen LogP contribution in [-0.4, -0.2) is 15.4 Å². The van der Waals surface area contributed by atoms with Crippen LogP contribution >= 0.6 is 11.8 Å². The summed E-state index contributed by atoms with van der Waals surface area (Å²) in [7, 11) is 0. The summed E-state index contributed by atoms with van der Waals surface area (Å²) in [6.45, 7) is 3.96. The van der Waals surface area contributed by atoms with Gasteiger partial charge in [0.25, 0.3) is 0 Å². The second kappa shape index (κ2) is 7.65. The van der Waals surface area contributed by atoms with Gasteiger partial charge in [-0.1, -0.05) is 25.1 Å². The molecule has 0 aliphatic rings. The normalized spacial score (nSPS) is 11.1. The summed E-state index contributed by atoms with van der Waals surface area (Å²) in [4.78, 5) is 4.31. The van der Waals surface area contributed by atoms with Gasteiger partial charge in [0.15, 0.2) is 23.1 Å². The van der Waals surface area contributed by atoms with E-state index in [9.17, 15) is 8.78 Å². The Balaban J connectivity index is 1.89. The topological polar surface area (TPSA) is 48.2 Å². The number of nitrogens with zero attached hydrogens (tertiary/aromatic N) is 2. The Kier molecular flexibility index (Phi) is 5.33. The molecule has 25 heavy (non-hydrogen) atoms. The molecule has 130 valence electrons. The minimum atomic E-state index is -0.779. The van der Waals surface area contributed by atoms with Gasteiger partial charge >= 0.3 is 0 Å². The van der Waals surface area contributed by atoms with Gasteiger partial charge < -0.3 is 9.26 Å². The van der Waals surface area contributed by atoms with E-state index >= 15 is 0 Å². The molecule has 0 radical (unpaired) electrons. The second-order valence-electron chi connectivity index (χ2n) is 5.56. The number of ether oxygens (including phenoxy) is 1. The van der Waals surface area contributed by atoms with Gasteiger partial charge in [-0.05, 0) is 23.8 Å². The van der Waals surface area contributed by atoms with E-state index in [4.69, 9.17) is 9.26 Å². The molecular formula is C18H16F2N2O2S. The van der Waals surface area contributed by atoms with Crippen molar-refractivity contribution in [2.75, 3.05) is 0 Å². The Labute approximate surface area is 148 Å². The Bertz CT molecular complexity index is 831. The van der Waals surface area contributed by atoms with Crippen molar-refractivity contribution in [3.63, 3.8) is 0 Å². The lowest BCUT2D eigenvalue weighted by atomic mass is 10.1. The van der Waals surface area contributed by atoms with Crippen molar-refractivity contribution in [3.8, 4) is 16.9 Å². The van der Waals surface area contributed by atoms with Gasteiger partial charge in [-0.2, -0.15) is 0 Å². The van der Waals surface area contributed by atoms with Crippen molar-refractivity contribution in [2.24, 2.45) is 0 Å². The lowest BCUT2D eigenvalue weighted by molar-refractivity contribution is 0.230. The predicted molar refractivity (Wildman–Crippen MR) is 91.4 cm³/mol. The first-order chi connectivity index (χ1) is 12.0. The molecule has 0 N–H and O–H groups in total. The lowest BCUT2D eigenvalue weighted by Crippen LogP contribution is -2.00. The summed E-state index contributed by atoms with van der Waals surface area (Å²) < 4.78 is 38.8. The fourth-order valence-electron chi connectivity index (χ4n) is 2.24. The standard InChI is InChI=1S/C18H16F2N2O2S/c1-11(2)25-18-14(4-3-6-21-18)12-8-15(19)17(16(20)9-12)23-10-13-5-7-22-24-13/h3-9,11H,10H2,1-2H3. The lowest BCUT2D eigenvalue weighted by Gasteiger charge is -2.12. The maximum Gasteiger partial charge on any atom is 0.191 e. The van der Waals surface area contributed by atoms with E-state index in [0.717, 1.165) is 5.03 Å². The first kappa shape index (κ1) is 17.4. The smallest absolute Gasteiger partial charge is 0.191 e. The van der Waals surface area contributed by atoms with Gasteiger partial charge in [0, 0.05) is 23.1 Å². The molecule has 0 saturated heterocycles. The summed E-state index contributed by atoms with van der Waals surface area (Å²) in [5.74, 6) is -1.62. The number of pyridine rings is 1. The molecule has 3 rings (SSSR count). The van der Waals surface area contributed by atoms with E-state index in [2.05, 4.69) is 10.1 Å². The zero-order valence-electron chi connectivity index (χ0n) is 13.7. The van der Waals surface area contributed by atoms with Gasteiger partial charge in [0.2, 0.25) is 0 Å². The molecule has 1 aromatic carbocycles. The third-order valence-corrected chi connectivity index (χ3v) is 4.30. The van der Waals surface area contributed by atoms with E-state index in [-0.39, 0.29) is 6.61 Å². The fraction of sp³-hybridized carbons (Fsp3) is 0.222. The van der Waals surface area contributed by atoms with Crippen LogP contribution in [0.2, 0.25) is 0 Å². The molecule has 2 aromatic heterocycles. The van der Waals surface area contributed by atoms with E-state index in [1.165, 1.54) is 30.1 Å². The first-order valence-corrected chi connectivity index (χ1v) is 8.56. The van der Waals surface area contributed by atoms with Crippen molar-refractivity contribution >= 4 is 11.8 Å². The molecule has 2 heterocycles. The highest BCUT2D eigenvalue weighted by molar-refractivity contribution is 7.99. The number of halogens is 2. The van der Waals surface area contributed by atoms with Gasteiger partial charge in [0.1, 0.15) is 11.6 Å². The van der Waals surface area contributed by atoms with Crippen LogP contribution in [0, 0.1) is 11.6 Å². The first-order valence-electron chi connectivity index (χ1n) is 7.68. The van der Waals surface area contributed by atoms with Crippen LogP contribution < -0.4 is 4.74 Å². The average molecular weight is 362 g/mol. The maximum absolute atomic E-state index is 14.4. The van der Waals surface area contributed by atoms with Crippen LogP contribution in [0.15, 0.2) is 52.3 Å². The summed E-state index contributed by atoms with van der Waals surface area (Å²) in [6.07, 6.45) is 3.10. The molecule has 0 saturated carbocycles. The number of thioether (sulfide) groups is 1. The quantitative estimate of drug-likeness (QED) is 0.571. The fourth-order valence-corrected chi connectivity index (χ4v) is 3.12. The van der Waals surface area contributed by atoms with Gasteiger partial charge in [-0.15, -0.1) is 11.8 Å². The predicted octanol–water partition coefficient (Wildman–Crippen LogP) is 5.09.